The summed E-state index contributed by atoms with van der Waals surface area (Å²) in [4.78, 5) is 12.4. The van der Waals surface area contributed by atoms with Crippen LogP contribution < -0.4 is 0 Å². The second-order valence-electron chi connectivity index (χ2n) is 2.85. The van der Waals surface area contributed by atoms with E-state index < -0.39 is 0 Å². The maximum Gasteiger partial charge on any atom is 0.187 e. The highest BCUT2D eigenvalue weighted by molar-refractivity contribution is 7.98. The van der Waals surface area contributed by atoms with Gasteiger partial charge in [-0.05, 0) is 12.3 Å². The van der Waals surface area contributed by atoms with Gasteiger partial charge in [0.1, 0.15) is 0 Å². The van der Waals surface area contributed by atoms with Gasteiger partial charge >= 0.3 is 0 Å². The number of aromatic nitrogens is 3. The van der Waals surface area contributed by atoms with Crippen molar-refractivity contribution in [3.8, 4) is 11.1 Å². The van der Waals surface area contributed by atoms with Gasteiger partial charge in [0.15, 0.2) is 5.16 Å². The molecular formula is C10H8ClN3S. The summed E-state index contributed by atoms with van der Waals surface area (Å²) in [5.74, 6) is 0. The van der Waals surface area contributed by atoms with Gasteiger partial charge in [-0.2, -0.15) is 0 Å². The molecule has 2 aromatic heterocycles. The van der Waals surface area contributed by atoms with Crippen molar-refractivity contribution in [2.45, 2.75) is 5.16 Å². The molecule has 15 heavy (non-hydrogen) atoms. The van der Waals surface area contributed by atoms with Gasteiger partial charge in [-0.3, -0.25) is 4.98 Å². The van der Waals surface area contributed by atoms with Crippen molar-refractivity contribution in [1.82, 2.24) is 15.0 Å². The van der Waals surface area contributed by atoms with Crippen LogP contribution in [0.2, 0.25) is 5.02 Å². The van der Waals surface area contributed by atoms with Crippen LogP contribution in [0.1, 0.15) is 0 Å². The summed E-state index contributed by atoms with van der Waals surface area (Å²) in [6.07, 6.45) is 8.82. The van der Waals surface area contributed by atoms with E-state index in [1.807, 2.05) is 12.3 Å². The molecule has 2 aromatic rings. The maximum absolute atomic E-state index is 5.85. The lowest BCUT2D eigenvalue weighted by atomic mass is 10.2. The predicted octanol–water partition coefficient (Wildman–Crippen LogP) is 2.91. The highest BCUT2D eigenvalue weighted by Crippen LogP contribution is 2.20. The molecule has 76 valence electrons. The summed E-state index contributed by atoms with van der Waals surface area (Å²) < 4.78 is 0. The molecule has 0 amide bonds. The zero-order valence-corrected chi connectivity index (χ0v) is 9.59. The molecule has 0 spiro atoms. The zero-order valence-electron chi connectivity index (χ0n) is 8.01. The largest absolute Gasteiger partial charge is 0.263 e. The Kier molecular flexibility index (Phi) is 3.18. The van der Waals surface area contributed by atoms with Crippen molar-refractivity contribution in [3.05, 3.63) is 35.9 Å². The third kappa shape index (κ3) is 2.46. The Bertz CT molecular complexity index is 458. The molecule has 0 unspecified atom stereocenters. The Labute approximate surface area is 96.9 Å². The zero-order chi connectivity index (χ0) is 10.7. The average molecular weight is 238 g/mol. The molecule has 0 saturated heterocycles. The van der Waals surface area contributed by atoms with Crippen molar-refractivity contribution in [3.63, 3.8) is 0 Å². The Balaban J connectivity index is 2.37. The molecule has 0 fully saturated rings. The normalized spacial score (nSPS) is 10.3. The van der Waals surface area contributed by atoms with Crippen molar-refractivity contribution in [2.24, 2.45) is 0 Å². The lowest BCUT2D eigenvalue weighted by molar-refractivity contribution is 0.973. The summed E-state index contributed by atoms with van der Waals surface area (Å²) in [7, 11) is 0. The average Bonchev–Trinajstić information content (AvgIpc) is 2.29. The van der Waals surface area contributed by atoms with Gasteiger partial charge < -0.3 is 0 Å². The molecule has 0 radical (unpaired) electrons. The predicted molar refractivity (Wildman–Crippen MR) is 62.1 cm³/mol. The Morgan fingerprint density at radius 2 is 1.80 bits per heavy atom. The van der Waals surface area contributed by atoms with Crippen molar-refractivity contribution < 1.29 is 0 Å². The number of rotatable bonds is 2. The van der Waals surface area contributed by atoms with Crippen LogP contribution in [0.4, 0.5) is 0 Å². The summed E-state index contributed by atoms with van der Waals surface area (Å²) in [5, 5.41) is 1.37. The number of hydrogen-bond donors (Lipinski definition) is 0. The summed E-state index contributed by atoms with van der Waals surface area (Å²) >= 11 is 7.36. The first-order valence-corrected chi connectivity index (χ1v) is 5.87. The molecule has 3 nitrogen and oxygen atoms in total. The van der Waals surface area contributed by atoms with Gasteiger partial charge in [-0.1, -0.05) is 23.4 Å². The van der Waals surface area contributed by atoms with E-state index in [0.717, 1.165) is 16.3 Å². The first-order chi connectivity index (χ1) is 7.29. The molecule has 0 saturated carbocycles. The van der Waals surface area contributed by atoms with Crippen LogP contribution in [0, 0.1) is 0 Å². The molecule has 0 aliphatic carbocycles. The van der Waals surface area contributed by atoms with Gasteiger partial charge in [0.2, 0.25) is 0 Å². The van der Waals surface area contributed by atoms with E-state index in [1.165, 1.54) is 11.8 Å². The van der Waals surface area contributed by atoms with E-state index >= 15 is 0 Å². The van der Waals surface area contributed by atoms with E-state index in [2.05, 4.69) is 15.0 Å². The lowest BCUT2D eigenvalue weighted by Gasteiger charge is -2.01. The molecule has 0 aliphatic rings. The second kappa shape index (κ2) is 4.59. The fourth-order valence-corrected chi connectivity index (χ4v) is 1.63. The van der Waals surface area contributed by atoms with E-state index in [9.17, 15) is 0 Å². The molecule has 5 heteroatoms. The van der Waals surface area contributed by atoms with Crippen LogP contribution in [0.3, 0.4) is 0 Å². The molecule has 0 N–H and O–H groups in total. The molecule has 2 heterocycles. The first-order valence-electron chi connectivity index (χ1n) is 4.26. The minimum Gasteiger partial charge on any atom is -0.263 e. The summed E-state index contributed by atoms with van der Waals surface area (Å²) in [5.41, 5.74) is 1.85. The minimum absolute atomic E-state index is 0.612. The number of nitrogens with zero attached hydrogens (tertiary/aromatic N) is 3. The van der Waals surface area contributed by atoms with Crippen molar-refractivity contribution >= 4 is 23.4 Å². The van der Waals surface area contributed by atoms with E-state index in [0.29, 0.717) is 5.02 Å². The van der Waals surface area contributed by atoms with Crippen LogP contribution in [-0.2, 0) is 0 Å². The van der Waals surface area contributed by atoms with Gasteiger partial charge in [0.05, 0.1) is 5.02 Å². The fourth-order valence-electron chi connectivity index (χ4n) is 1.14. The molecule has 2 rings (SSSR count). The van der Waals surface area contributed by atoms with E-state index in [-0.39, 0.29) is 0 Å². The topological polar surface area (TPSA) is 38.7 Å². The third-order valence-corrected chi connectivity index (χ3v) is 2.63. The quantitative estimate of drug-likeness (QED) is 0.595. The first kappa shape index (κ1) is 10.4. The molecule has 0 atom stereocenters. The smallest absolute Gasteiger partial charge is 0.187 e. The van der Waals surface area contributed by atoms with Crippen molar-refractivity contribution in [1.29, 1.82) is 0 Å². The van der Waals surface area contributed by atoms with Gasteiger partial charge in [0.25, 0.3) is 0 Å². The van der Waals surface area contributed by atoms with Crippen LogP contribution in [-0.4, -0.2) is 21.2 Å². The lowest BCUT2D eigenvalue weighted by Crippen LogP contribution is -1.87. The van der Waals surface area contributed by atoms with Crippen LogP contribution in [0.25, 0.3) is 11.1 Å². The molecule has 0 aliphatic heterocycles. The van der Waals surface area contributed by atoms with Crippen molar-refractivity contribution in [2.75, 3.05) is 6.26 Å². The van der Waals surface area contributed by atoms with E-state index in [4.69, 9.17) is 11.6 Å². The van der Waals surface area contributed by atoms with Crippen LogP contribution in [0.15, 0.2) is 36.0 Å². The van der Waals surface area contributed by atoms with E-state index in [1.54, 1.807) is 24.8 Å². The second-order valence-corrected chi connectivity index (χ2v) is 4.06. The third-order valence-electron chi connectivity index (χ3n) is 1.85. The highest BCUT2D eigenvalue weighted by atomic mass is 35.5. The molecule has 0 aromatic carbocycles. The Hall–Kier alpha value is -1.13. The number of thioether (sulfide) groups is 1. The van der Waals surface area contributed by atoms with Crippen LogP contribution >= 0.6 is 23.4 Å². The van der Waals surface area contributed by atoms with Gasteiger partial charge in [0, 0.05) is 35.9 Å². The Morgan fingerprint density at radius 3 is 2.40 bits per heavy atom. The fraction of sp³-hybridized carbons (Fsp3) is 0.100. The standard InChI is InChI=1S/C10H8ClN3S/c1-15-10-13-4-8(5-14-10)7-2-9(11)6-12-3-7/h2-6H,1H3. The summed E-state index contributed by atoms with van der Waals surface area (Å²) in [6.45, 7) is 0. The van der Waals surface area contributed by atoms with Gasteiger partial charge in [-0.25, -0.2) is 9.97 Å². The molecular weight excluding hydrogens is 230 g/mol. The number of hydrogen-bond acceptors (Lipinski definition) is 4. The molecule has 0 bridgehead atoms. The maximum atomic E-state index is 5.85. The summed E-state index contributed by atoms with van der Waals surface area (Å²) in [6, 6.07) is 1.84. The number of halogens is 1. The van der Waals surface area contributed by atoms with Crippen LogP contribution in [0.5, 0.6) is 0 Å². The van der Waals surface area contributed by atoms with Gasteiger partial charge in [-0.15, -0.1) is 0 Å². The minimum atomic E-state index is 0.612. The highest BCUT2D eigenvalue weighted by Gasteiger charge is 2.00. The SMILES string of the molecule is CSc1ncc(-c2cncc(Cl)c2)cn1. The monoisotopic (exact) mass is 237 g/mol. The number of pyridine rings is 1. The Morgan fingerprint density at radius 1 is 1.07 bits per heavy atom.